The summed E-state index contributed by atoms with van der Waals surface area (Å²) in [4.78, 5) is 18.9. The number of hydrogen-bond donors (Lipinski definition) is 1. The molecule has 8 heteroatoms. The van der Waals surface area contributed by atoms with Crippen molar-refractivity contribution in [2.45, 2.75) is 0 Å². The number of carbonyl (C=O) groups excluding carboxylic acids is 1. The van der Waals surface area contributed by atoms with Gasteiger partial charge < -0.3 is 10.6 Å². The van der Waals surface area contributed by atoms with Crippen LogP contribution in [0.3, 0.4) is 0 Å². The highest BCUT2D eigenvalue weighted by atomic mass is 35.5. The first kappa shape index (κ1) is 11.9. The van der Waals surface area contributed by atoms with E-state index in [2.05, 4.69) is 15.0 Å². The molecule has 2 N–H and O–H groups in total. The van der Waals surface area contributed by atoms with Crippen molar-refractivity contribution in [3.63, 3.8) is 0 Å². The molecule has 0 unspecified atom stereocenters. The van der Waals surface area contributed by atoms with Gasteiger partial charge in [-0.3, -0.25) is 4.79 Å². The van der Waals surface area contributed by atoms with E-state index in [0.717, 1.165) is 11.3 Å². The van der Waals surface area contributed by atoms with Crippen LogP contribution in [-0.2, 0) is 9.63 Å². The second-order valence-corrected chi connectivity index (χ2v) is 3.92. The molecule has 0 aliphatic carbocycles. The number of halogens is 2. The molecule has 1 aromatic heterocycles. The molecule has 0 fully saturated rings. The lowest BCUT2D eigenvalue weighted by atomic mass is 10.3. The van der Waals surface area contributed by atoms with E-state index in [-0.39, 0.29) is 27.5 Å². The van der Waals surface area contributed by atoms with Gasteiger partial charge in [0.15, 0.2) is 17.1 Å². The third kappa shape index (κ3) is 3.14. The minimum atomic E-state index is -0.692. The summed E-state index contributed by atoms with van der Waals surface area (Å²) in [5.41, 5.74) is 5.41. The van der Waals surface area contributed by atoms with Gasteiger partial charge in [-0.05, 0) is 0 Å². The van der Waals surface area contributed by atoms with Crippen molar-refractivity contribution in [3.8, 4) is 0 Å². The number of hydrogen-bond acceptors (Lipinski definition) is 6. The van der Waals surface area contributed by atoms with Gasteiger partial charge >= 0.3 is 0 Å². The van der Waals surface area contributed by atoms with E-state index in [0.29, 0.717) is 6.29 Å². The smallest absolute Gasteiger partial charge is 0.182 e. The molecule has 0 aliphatic rings. The molecule has 0 saturated heterocycles. The second kappa shape index (κ2) is 5.62. The number of rotatable bonds is 5. The number of thiazole rings is 1. The van der Waals surface area contributed by atoms with Crippen molar-refractivity contribution >= 4 is 40.1 Å². The first-order valence-electron chi connectivity index (χ1n) is 3.82. The van der Waals surface area contributed by atoms with Crippen LogP contribution in [0.2, 0.25) is 4.34 Å². The molecular weight excluding hydrogens is 245 g/mol. The molecule has 1 heterocycles. The van der Waals surface area contributed by atoms with Crippen LogP contribution in [-0.4, -0.2) is 30.3 Å². The van der Waals surface area contributed by atoms with Crippen LogP contribution in [0.4, 0.5) is 9.52 Å². The van der Waals surface area contributed by atoms with E-state index >= 15 is 0 Å². The number of alkyl halides is 1. The molecule has 0 saturated carbocycles. The molecule has 0 radical (unpaired) electrons. The average molecular weight is 252 g/mol. The fourth-order valence-corrected chi connectivity index (χ4v) is 1.69. The Kier molecular flexibility index (Phi) is 4.44. The van der Waals surface area contributed by atoms with Crippen LogP contribution < -0.4 is 5.73 Å². The maximum Gasteiger partial charge on any atom is 0.182 e. The zero-order valence-electron chi connectivity index (χ0n) is 7.44. The summed E-state index contributed by atoms with van der Waals surface area (Å²) in [5.74, 6) is 0. The molecule has 1 aromatic rings. The normalized spacial score (nSPS) is 11.5. The molecule has 0 spiro atoms. The average Bonchev–Trinajstić information content (AvgIpc) is 2.53. The Bertz CT molecular complexity index is 382. The molecular formula is C7H7ClFN3O2S. The van der Waals surface area contributed by atoms with Gasteiger partial charge in [0.2, 0.25) is 0 Å². The first-order chi connectivity index (χ1) is 7.19. The van der Waals surface area contributed by atoms with Crippen molar-refractivity contribution in [2.24, 2.45) is 5.16 Å². The molecule has 1 rings (SSSR count). The van der Waals surface area contributed by atoms with Crippen molar-refractivity contribution in [3.05, 3.63) is 10.0 Å². The Balaban J connectivity index is 2.87. The van der Waals surface area contributed by atoms with Gasteiger partial charge in [0.25, 0.3) is 0 Å². The Labute approximate surface area is 93.7 Å². The van der Waals surface area contributed by atoms with Crippen LogP contribution in [0.15, 0.2) is 5.16 Å². The molecule has 15 heavy (non-hydrogen) atoms. The highest BCUT2D eigenvalue weighted by Crippen LogP contribution is 2.25. The number of carbonyl (C=O) groups is 1. The van der Waals surface area contributed by atoms with E-state index < -0.39 is 6.67 Å². The van der Waals surface area contributed by atoms with Crippen LogP contribution in [0, 0.1) is 0 Å². The first-order valence-corrected chi connectivity index (χ1v) is 5.01. The van der Waals surface area contributed by atoms with Gasteiger partial charge in [-0.1, -0.05) is 28.1 Å². The maximum atomic E-state index is 11.7. The molecule has 82 valence electrons. The van der Waals surface area contributed by atoms with Crippen LogP contribution in [0.5, 0.6) is 0 Å². The predicted molar refractivity (Wildman–Crippen MR) is 56.1 cm³/mol. The van der Waals surface area contributed by atoms with Gasteiger partial charge in [-0.2, -0.15) is 0 Å². The lowest BCUT2D eigenvalue weighted by Crippen LogP contribution is -2.06. The summed E-state index contributed by atoms with van der Waals surface area (Å²) >= 11 is 6.75. The predicted octanol–water partition coefficient (Wildman–Crippen LogP) is 1.27. The summed E-state index contributed by atoms with van der Waals surface area (Å²) in [6.07, 6.45) is 0.415. The molecule has 5 nitrogen and oxygen atoms in total. The van der Waals surface area contributed by atoms with E-state index in [1.165, 1.54) is 0 Å². The molecule has 0 aliphatic heterocycles. The molecule has 0 aromatic carbocycles. The van der Waals surface area contributed by atoms with E-state index in [4.69, 9.17) is 17.3 Å². The molecule has 0 amide bonds. The van der Waals surface area contributed by atoms with E-state index in [9.17, 15) is 9.18 Å². The monoisotopic (exact) mass is 251 g/mol. The number of aromatic nitrogens is 1. The van der Waals surface area contributed by atoms with Crippen molar-refractivity contribution in [2.75, 3.05) is 19.0 Å². The standard InChI is InChI=1S/C7H7ClFN3O2S/c8-6-5(11-7(10)15-6)4(3-13)12-14-2-1-9/h3H,1-2H2,(H2,10,11)/b12-4+. The minimum Gasteiger partial charge on any atom is -0.392 e. The van der Waals surface area contributed by atoms with E-state index in [1.807, 2.05) is 0 Å². The summed E-state index contributed by atoms with van der Waals surface area (Å²) in [5, 5.41) is 3.61. The molecule has 0 atom stereocenters. The Hall–Kier alpha value is -1.21. The summed E-state index contributed by atoms with van der Waals surface area (Å²) < 4.78 is 11.9. The highest BCUT2D eigenvalue weighted by molar-refractivity contribution is 7.19. The Morgan fingerprint density at radius 2 is 2.53 bits per heavy atom. The third-order valence-electron chi connectivity index (χ3n) is 1.29. The number of oxime groups is 1. The number of nitrogens with zero attached hydrogens (tertiary/aromatic N) is 2. The van der Waals surface area contributed by atoms with Gasteiger partial charge in [0, 0.05) is 0 Å². The zero-order chi connectivity index (χ0) is 11.3. The number of aldehydes is 1. The van der Waals surface area contributed by atoms with Gasteiger partial charge in [-0.15, -0.1) is 0 Å². The number of nitrogen functional groups attached to an aromatic ring is 1. The lowest BCUT2D eigenvalue weighted by molar-refractivity contribution is -0.102. The van der Waals surface area contributed by atoms with Crippen LogP contribution in [0.25, 0.3) is 0 Å². The SMILES string of the molecule is Nc1nc(/C(C=O)=N/OCCF)c(Cl)s1. The van der Waals surface area contributed by atoms with E-state index in [1.54, 1.807) is 0 Å². The third-order valence-corrected chi connectivity index (χ3v) is 2.37. The topological polar surface area (TPSA) is 77.6 Å². The lowest BCUT2D eigenvalue weighted by Gasteiger charge is -1.96. The summed E-state index contributed by atoms with van der Waals surface area (Å²) in [6, 6.07) is 0. The Morgan fingerprint density at radius 1 is 1.80 bits per heavy atom. The summed E-state index contributed by atoms with van der Waals surface area (Å²) in [6.45, 7) is -0.919. The number of nitrogens with two attached hydrogens (primary N) is 1. The number of anilines is 1. The fraction of sp³-hybridized carbons (Fsp3) is 0.286. The Morgan fingerprint density at radius 3 is 3.00 bits per heavy atom. The van der Waals surface area contributed by atoms with Gasteiger partial charge in [0.05, 0.1) is 0 Å². The van der Waals surface area contributed by atoms with Crippen molar-refractivity contribution in [1.29, 1.82) is 0 Å². The summed E-state index contributed by atoms with van der Waals surface area (Å²) in [7, 11) is 0. The maximum absolute atomic E-state index is 11.7. The zero-order valence-corrected chi connectivity index (χ0v) is 9.02. The minimum absolute atomic E-state index is 0.110. The van der Waals surface area contributed by atoms with Crippen molar-refractivity contribution < 1.29 is 14.0 Å². The van der Waals surface area contributed by atoms with Crippen LogP contribution in [0.1, 0.15) is 5.69 Å². The fourth-order valence-electron chi connectivity index (χ4n) is 0.745. The van der Waals surface area contributed by atoms with Gasteiger partial charge in [0.1, 0.15) is 23.3 Å². The highest BCUT2D eigenvalue weighted by Gasteiger charge is 2.14. The van der Waals surface area contributed by atoms with Crippen molar-refractivity contribution in [1.82, 2.24) is 4.98 Å². The quantitative estimate of drug-likeness (QED) is 0.370. The second-order valence-electron chi connectivity index (χ2n) is 2.29. The van der Waals surface area contributed by atoms with Crippen LogP contribution >= 0.6 is 22.9 Å². The molecule has 0 bridgehead atoms. The van der Waals surface area contributed by atoms with Gasteiger partial charge in [-0.25, -0.2) is 9.37 Å². The largest absolute Gasteiger partial charge is 0.392 e.